The number of carbonyl (C=O) groups is 1. The van der Waals surface area contributed by atoms with Crippen LogP contribution < -0.4 is 9.47 Å². The van der Waals surface area contributed by atoms with Crippen LogP contribution in [0.1, 0.15) is 47.1 Å². The average Bonchev–Trinajstić information content (AvgIpc) is 3.15. The van der Waals surface area contributed by atoms with E-state index < -0.39 is 4.92 Å². The first-order chi connectivity index (χ1) is 13.0. The molecular weight excluding hydrogens is 368 g/mol. The van der Waals surface area contributed by atoms with Crippen molar-refractivity contribution in [3.05, 3.63) is 49.7 Å². The standard InChI is InChI=1S/C19H22N2O5S/c1-4-14-12-7-9-27-18(12)6-8-20(14)19(22)13-10-17(26-5-2)16(25-3)11-15(13)21(23)24/h7,9-11,14H,4-6,8H2,1-3H3. The fraction of sp³-hybridized carbons (Fsp3) is 0.421. The van der Waals surface area contributed by atoms with Crippen LogP contribution in [0.3, 0.4) is 0 Å². The van der Waals surface area contributed by atoms with Gasteiger partial charge >= 0.3 is 0 Å². The minimum Gasteiger partial charge on any atom is -0.493 e. The highest BCUT2D eigenvalue weighted by Gasteiger charge is 2.34. The van der Waals surface area contributed by atoms with Gasteiger partial charge in [-0.2, -0.15) is 0 Å². The van der Waals surface area contributed by atoms with Gasteiger partial charge in [-0.25, -0.2) is 0 Å². The summed E-state index contributed by atoms with van der Waals surface area (Å²) in [5.41, 5.74) is 0.899. The molecule has 0 saturated heterocycles. The van der Waals surface area contributed by atoms with E-state index in [0.29, 0.717) is 18.9 Å². The lowest BCUT2D eigenvalue weighted by Crippen LogP contribution is -2.39. The van der Waals surface area contributed by atoms with Gasteiger partial charge in [-0.3, -0.25) is 14.9 Å². The van der Waals surface area contributed by atoms with E-state index in [-0.39, 0.29) is 28.9 Å². The summed E-state index contributed by atoms with van der Waals surface area (Å²) in [5, 5.41) is 13.6. The number of carbonyl (C=O) groups excluding carboxylic acids is 1. The van der Waals surface area contributed by atoms with Gasteiger partial charge in [0, 0.05) is 17.5 Å². The molecule has 144 valence electrons. The third-order valence-corrected chi connectivity index (χ3v) is 5.75. The van der Waals surface area contributed by atoms with Crippen LogP contribution in [-0.2, 0) is 6.42 Å². The van der Waals surface area contributed by atoms with Crippen molar-refractivity contribution in [3.8, 4) is 11.5 Å². The zero-order valence-electron chi connectivity index (χ0n) is 15.6. The maximum Gasteiger partial charge on any atom is 0.286 e. The normalized spacial score (nSPS) is 16.0. The summed E-state index contributed by atoms with van der Waals surface area (Å²) in [7, 11) is 1.42. The van der Waals surface area contributed by atoms with Crippen molar-refractivity contribution in [3.63, 3.8) is 0 Å². The van der Waals surface area contributed by atoms with E-state index in [1.54, 1.807) is 23.2 Å². The Morgan fingerprint density at radius 3 is 2.78 bits per heavy atom. The molecular formula is C19H22N2O5S. The summed E-state index contributed by atoms with van der Waals surface area (Å²) >= 11 is 1.69. The van der Waals surface area contributed by atoms with Gasteiger partial charge < -0.3 is 14.4 Å². The molecule has 1 aromatic heterocycles. The summed E-state index contributed by atoms with van der Waals surface area (Å²) < 4.78 is 10.7. The number of nitrogens with zero attached hydrogens (tertiary/aromatic N) is 2. The summed E-state index contributed by atoms with van der Waals surface area (Å²) in [4.78, 5) is 27.4. The smallest absolute Gasteiger partial charge is 0.286 e. The molecule has 2 heterocycles. The number of hydrogen-bond acceptors (Lipinski definition) is 6. The van der Waals surface area contributed by atoms with Gasteiger partial charge in [-0.1, -0.05) is 6.92 Å². The lowest BCUT2D eigenvalue weighted by molar-refractivity contribution is -0.385. The molecule has 1 aliphatic rings. The van der Waals surface area contributed by atoms with Crippen molar-refractivity contribution in [2.75, 3.05) is 20.3 Å². The van der Waals surface area contributed by atoms with E-state index in [1.807, 2.05) is 18.4 Å². The van der Waals surface area contributed by atoms with E-state index in [0.717, 1.165) is 18.4 Å². The van der Waals surface area contributed by atoms with Crippen LogP contribution in [0.4, 0.5) is 5.69 Å². The molecule has 1 unspecified atom stereocenters. The van der Waals surface area contributed by atoms with Gasteiger partial charge in [0.05, 0.1) is 30.7 Å². The van der Waals surface area contributed by atoms with Crippen LogP contribution in [0.25, 0.3) is 0 Å². The zero-order valence-corrected chi connectivity index (χ0v) is 16.4. The van der Waals surface area contributed by atoms with E-state index in [4.69, 9.17) is 9.47 Å². The SMILES string of the molecule is CCOc1cc(C(=O)N2CCc3sccc3C2CC)c([N+](=O)[O-])cc1OC. The molecule has 0 N–H and O–H groups in total. The number of amides is 1. The van der Waals surface area contributed by atoms with E-state index >= 15 is 0 Å². The Labute approximate surface area is 161 Å². The topological polar surface area (TPSA) is 81.9 Å². The lowest BCUT2D eigenvalue weighted by atomic mass is 9.96. The van der Waals surface area contributed by atoms with Crippen molar-refractivity contribution in [2.45, 2.75) is 32.7 Å². The van der Waals surface area contributed by atoms with Gasteiger partial charge in [0.15, 0.2) is 11.5 Å². The molecule has 27 heavy (non-hydrogen) atoms. The Bertz CT molecular complexity index is 864. The number of nitro groups is 1. The first-order valence-electron chi connectivity index (χ1n) is 8.88. The molecule has 0 bridgehead atoms. The highest BCUT2D eigenvalue weighted by Crippen LogP contribution is 2.39. The summed E-state index contributed by atoms with van der Waals surface area (Å²) in [6, 6.07) is 4.66. The van der Waals surface area contributed by atoms with Crippen molar-refractivity contribution < 1.29 is 19.2 Å². The predicted octanol–water partition coefficient (Wildman–Crippen LogP) is 4.21. The molecule has 8 heteroatoms. The number of ether oxygens (including phenoxy) is 2. The predicted molar refractivity (Wildman–Crippen MR) is 103 cm³/mol. The second-order valence-corrected chi connectivity index (χ2v) is 7.18. The lowest BCUT2D eigenvalue weighted by Gasteiger charge is -2.35. The molecule has 0 spiro atoms. The highest BCUT2D eigenvalue weighted by atomic mass is 32.1. The van der Waals surface area contributed by atoms with Gasteiger partial charge in [0.1, 0.15) is 5.56 Å². The van der Waals surface area contributed by atoms with Crippen molar-refractivity contribution in [1.29, 1.82) is 0 Å². The quantitative estimate of drug-likeness (QED) is 0.545. The summed E-state index contributed by atoms with van der Waals surface area (Å²) in [5.74, 6) is 0.218. The Kier molecular flexibility index (Phi) is 5.65. The highest BCUT2D eigenvalue weighted by molar-refractivity contribution is 7.10. The minimum atomic E-state index is -0.549. The van der Waals surface area contributed by atoms with Crippen molar-refractivity contribution in [2.24, 2.45) is 0 Å². The molecule has 0 aliphatic carbocycles. The minimum absolute atomic E-state index is 0.0291. The molecule has 1 atom stereocenters. The summed E-state index contributed by atoms with van der Waals surface area (Å²) in [6.07, 6.45) is 1.51. The third kappa shape index (κ3) is 3.49. The number of thiophene rings is 1. The first kappa shape index (κ1) is 19.2. The van der Waals surface area contributed by atoms with Crippen LogP contribution in [0.5, 0.6) is 11.5 Å². The van der Waals surface area contributed by atoms with E-state index in [2.05, 4.69) is 0 Å². The number of nitro benzene ring substituents is 1. The number of fused-ring (bicyclic) bond motifs is 1. The number of rotatable bonds is 6. The van der Waals surface area contributed by atoms with Crippen LogP contribution in [0.2, 0.25) is 0 Å². The second-order valence-electron chi connectivity index (χ2n) is 6.18. The van der Waals surface area contributed by atoms with Crippen LogP contribution in [-0.4, -0.2) is 36.0 Å². The van der Waals surface area contributed by atoms with E-state index in [1.165, 1.54) is 24.1 Å². The molecule has 0 fully saturated rings. The van der Waals surface area contributed by atoms with Gasteiger partial charge in [0.2, 0.25) is 0 Å². The fourth-order valence-corrected chi connectivity index (χ4v) is 4.46. The molecule has 7 nitrogen and oxygen atoms in total. The van der Waals surface area contributed by atoms with Crippen LogP contribution in [0, 0.1) is 10.1 Å². The van der Waals surface area contributed by atoms with E-state index in [9.17, 15) is 14.9 Å². The molecule has 1 amide bonds. The molecule has 0 saturated carbocycles. The first-order valence-corrected chi connectivity index (χ1v) is 9.76. The molecule has 1 aliphatic heterocycles. The van der Waals surface area contributed by atoms with Crippen LogP contribution in [0.15, 0.2) is 23.6 Å². The Morgan fingerprint density at radius 1 is 1.37 bits per heavy atom. The van der Waals surface area contributed by atoms with Crippen LogP contribution >= 0.6 is 11.3 Å². The molecule has 2 aromatic rings. The Hall–Kier alpha value is -2.61. The fourth-order valence-electron chi connectivity index (χ4n) is 3.53. The molecule has 3 rings (SSSR count). The molecule has 1 aromatic carbocycles. The van der Waals surface area contributed by atoms with Gasteiger partial charge in [-0.05, 0) is 36.8 Å². The molecule has 0 radical (unpaired) electrons. The second kappa shape index (κ2) is 7.96. The van der Waals surface area contributed by atoms with Crippen molar-refractivity contribution in [1.82, 2.24) is 4.90 Å². The Balaban J connectivity index is 2.05. The number of hydrogen-bond donors (Lipinski definition) is 0. The maximum absolute atomic E-state index is 13.3. The number of benzene rings is 1. The Morgan fingerprint density at radius 2 is 2.15 bits per heavy atom. The monoisotopic (exact) mass is 390 g/mol. The van der Waals surface area contributed by atoms with Gasteiger partial charge in [-0.15, -0.1) is 11.3 Å². The van der Waals surface area contributed by atoms with Crippen molar-refractivity contribution >= 4 is 22.9 Å². The summed E-state index contributed by atoms with van der Waals surface area (Å²) in [6.45, 7) is 4.73. The zero-order chi connectivity index (χ0) is 19.6. The maximum atomic E-state index is 13.3. The number of methoxy groups -OCH3 is 1. The third-order valence-electron chi connectivity index (χ3n) is 4.75. The van der Waals surface area contributed by atoms with Gasteiger partial charge in [0.25, 0.3) is 11.6 Å². The average molecular weight is 390 g/mol. The largest absolute Gasteiger partial charge is 0.493 e.